The quantitative estimate of drug-likeness (QED) is 0.689. The van der Waals surface area contributed by atoms with Gasteiger partial charge >= 0.3 is 0 Å². The van der Waals surface area contributed by atoms with Crippen LogP contribution in [-0.4, -0.2) is 19.6 Å². The van der Waals surface area contributed by atoms with E-state index in [2.05, 4.69) is 5.32 Å². The van der Waals surface area contributed by atoms with Crippen molar-refractivity contribution in [3.8, 4) is 0 Å². The number of para-hydroxylation sites is 1. The van der Waals surface area contributed by atoms with Crippen molar-refractivity contribution in [2.75, 3.05) is 5.32 Å². The van der Waals surface area contributed by atoms with Gasteiger partial charge in [0, 0.05) is 0 Å². The molecule has 1 heterocycles. The minimum atomic E-state index is -3.77. The highest BCUT2D eigenvalue weighted by Gasteiger charge is 2.36. The van der Waals surface area contributed by atoms with Gasteiger partial charge in [0.05, 0.1) is 16.6 Å². The fraction of sp³-hybridized carbons (Fsp3) is 0.222. The lowest BCUT2D eigenvalue weighted by atomic mass is 10.2. The highest BCUT2D eigenvalue weighted by atomic mass is 32.2. The average molecular weight is 211 g/mol. The Morgan fingerprint density at radius 1 is 1.29 bits per heavy atom. The molecule has 4 nitrogen and oxygen atoms in total. The molecule has 0 saturated heterocycles. The second-order valence-corrected chi connectivity index (χ2v) is 5.03. The van der Waals surface area contributed by atoms with E-state index in [-0.39, 0.29) is 4.90 Å². The van der Waals surface area contributed by atoms with Crippen LogP contribution in [0.4, 0.5) is 5.69 Å². The highest BCUT2D eigenvalue weighted by Crippen LogP contribution is 2.28. The second-order valence-electron chi connectivity index (χ2n) is 3.18. The largest absolute Gasteiger partial charge is 0.373 e. The third kappa shape index (κ3) is 1.13. The molecule has 0 radical (unpaired) electrons. The van der Waals surface area contributed by atoms with E-state index in [4.69, 9.17) is 0 Å². The van der Waals surface area contributed by atoms with Crippen molar-refractivity contribution in [2.45, 2.75) is 17.9 Å². The van der Waals surface area contributed by atoms with Gasteiger partial charge in [-0.25, -0.2) is 8.42 Å². The lowest BCUT2D eigenvalue weighted by Gasteiger charge is -2.22. The third-order valence-electron chi connectivity index (χ3n) is 2.17. The first-order valence-electron chi connectivity index (χ1n) is 4.18. The Morgan fingerprint density at radius 3 is 2.64 bits per heavy atom. The second kappa shape index (κ2) is 2.81. The lowest BCUT2D eigenvalue weighted by Crippen LogP contribution is -2.37. The van der Waals surface area contributed by atoms with Crippen molar-refractivity contribution >= 4 is 20.6 Å². The zero-order valence-electron chi connectivity index (χ0n) is 7.52. The average Bonchev–Trinajstić information content (AvgIpc) is 2.15. The molecular weight excluding hydrogens is 202 g/mol. The molecule has 1 unspecified atom stereocenters. The van der Waals surface area contributed by atoms with E-state index < -0.39 is 21.0 Å². The predicted octanol–water partition coefficient (Wildman–Crippen LogP) is 0.801. The van der Waals surface area contributed by atoms with Gasteiger partial charge in [0.25, 0.3) is 5.12 Å². The van der Waals surface area contributed by atoms with E-state index in [0.29, 0.717) is 5.69 Å². The van der Waals surface area contributed by atoms with Gasteiger partial charge in [0.15, 0.2) is 0 Å². The number of benzene rings is 1. The van der Waals surface area contributed by atoms with Gasteiger partial charge in [-0.05, 0) is 19.1 Å². The summed E-state index contributed by atoms with van der Waals surface area (Å²) in [7, 11) is -3.77. The lowest BCUT2D eigenvalue weighted by molar-refractivity contribution is -0.112. The Balaban J connectivity index is 2.72. The summed E-state index contributed by atoms with van der Waals surface area (Å²) in [5, 5.41) is 2.07. The number of fused-ring (bicyclic) bond motifs is 1. The Morgan fingerprint density at radius 2 is 1.93 bits per heavy atom. The summed E-state index contributed by atoms with van der Waals surface area (Å²) >= 11 is 0. The maximum Gasteiger partial charge on any atom is 0.272 e. The molecule has 74 valence electrons. The molecule has 1 aliphatic heterocycles. The number of hydrogen-bond donors (Lipinski definition) is 1. The van der Waals surface area contributed by atoms with E-state index >= 15 is 0 Å². The maximum atomic E-state index is 11.6. The van der Waals surface area contributed by atoms with Crippen LogP contribution in [0, 0.1) is 0 Å². The van der Waals surface area contributed by atoms with Crippen LogP contribution in [0.1, 0.15) is 6.92 Å². The number of rotatable bonds is 0. The van der Waals surface area contributed by atoms with E-state index in [1.807, 2.05) is 0 Å². The third-order valence-corrected chi connectivity index (χ3v) is 3.99. The number of hydrogen-bond acceptors (Lipinski definition) is 4. The fourth-order valence-corrected chi connectivity index (χ4v) is 2.87. The number of carbonyl (C=O) groups excluding carboxylic acids is 1. The Hall–Kier alpha value is -1.36. The number of nitrogens with one attached hydrogen (secondary N) is 1. The molecule has 5 heteroatoms. The topological polar surface area (TPSA) is 63.2 Å². The molecule has 0 bridgehead atoms. The summed E-state index contributed by atoms with van der Waals surface area (Å²) in [5.41, 5.74) is 0.500. The van der Waals surface area contributed by atoms with Crippen molar-refractivity contribution < 1.29 is 13.2 Å². The summed E-state index contributed by atoms with van der Waals surface area (Å²) in [6.45, 7) is 1.54. The van der Waals surface area contributed by atoms with Gasteiger partial charge in [-0.2, -0.15) is 0 Å². The summed E-state index contributed by atoms with van der Waals surface area (Å²) in [5.74, 6) is 0. The molecule has 1 N–H and O–H groups in total. The number of sulfone groups is 1. The molecule has 1 aromatic carbocycles. The number of carbonyl (C=O) groups is 1. The molecule has 0 spiro atoms. The number of anilines is 1. The van der Waals surface area contributed by atoms with Gasteiger partial charge < -0.3 is 5.32 Å². The maximum absolute atomic E-state index is 11.6. The minimum absolute atomic E-state index is 0.0723. The normalized spacial score (nSPS) is 23.8. The van der Waals surface area contributed by atoms with Crippen molar-refractivity contribution in [1.29, 1.82) is 0 Å². The molecule has 0 fully saturated rings. The van der Waals surface area contributed by atoms with Crippen molar-refractivity contribution in [3.63, 3.8) is 0 Å². The molecule has 0 amide bonds. The van der Waals surface area contributed by atoms with Gasteiger partial charge in [-0.3, -0.25) is 4.79 Å². The van der Waals surface area contributed by atoms with Gasteiger partial charge in [-0.15, -0.1) is 0 Å². The van der Waals surface area contributed by atoms with E-state index in [1.54, 1.807) is 18.2 Å². The van der Waals surface area contributed by atoms with Crippen LogP contribution in [-0.2, 0) is 14.6 Å². The smallest absolute Gasteiger partial charge is 0.272 e. The summed E-state index contributed by atoms with van der Waals surface area (Å²) in [6, 6.07) is 5.73. The molecular formula is C9H9NO3S. The first-order valence-corrected chi connectivity index (χ1v) is 5.66. The fourth-order valence-electron chi connectivity index (χ4n) is 1.45. The first-order chi connectivity index (χ1) is 6.53. The SMILES string of the molecule is CC1Nc2ccccc2S(=O)(=O)C1=O. The Kier molecular flexibility index (Phi) is 1.85. The van der Waals surface area contributed by atoms with Gasteiger partial charge in [0.2, 0.25) is 9.84 Å². The summed E-state index contributed by atoms with van der Waals surface area (Å²) in [6.07, 6.45) is 0. The molecule has 0 saturated carbocycles. The van der Waals surface area contributed by atoms with Crippen LogP contribution in [0.3, 0.4) is 0 Å². The zero-order valence-corrected chi connectivity index (χ0v) is 8.34. The summed E-state index contributed by atoms with van der Waals surface area (Å²) < 4.78 is 23.2. The van der Waals surface area contributed by atoms with Crippen LogP contribution in [0.25, 0.3) is 0 Å². The van der Waals surface area contributed by atoms with Gasteiger partial charge in [0.1, 0.15) is 0 Å². The monoisotopic (exact) mass is 211 g/mol. The van der Waals surface area contributed by atoms with Crippen LogP contribution >= 0.6 is 0 Å². The van der Waals surface area contributed by atoms with Crippen LogP contribution in [0.15, 0.2) is 29.2 Å². The van der Waals surface area contributed by atoms with E-state index in [9.17, 15) is 13.2 Å². The minimum Gasteiger partial charge on any atom is -0.373 e. The van der Waals surface area contributed by atoms with Crippen molar-refractivity contribution in [1.82, 2.24) is 0 Å². The molecule has 0 aromatic heterocycles. The first kappa shape index (κ1) is 9.21. The molecule has 1 aromatic rings. The van der Waals surface area contributed by atoms with Crippen LogP contribution < -0.4 is 5.32 Å². The Labute approximate surface area is 81.9 Å². The molecule has 2 rings (SSSR count). The molecule has 0 aliphatic carbocycles. The zero-order chi connectivity index (χ0) is 10.3. The standard InChI is InChI=1S/C9H9NO3S/c1-6-9(11)14(12,13)8-5-3-2-4-7(8)10-6/h2-6,10H,1H3. The van der Waals surface area contributed by atoms with Crippen molar-refractivity contribution in [2.24, 2.45) is 0 Å². The van der Waals surface area contributed by atoms with Crippen LogP contribution in [0.2, 0.25) is 0 Å². The Bertz CT molecular complexity index is 493. The molecule has 14 heavy (non-hydrogen) atoms. The highest BCUT2D eigenvalue weighted by molar-refractivity contribution is 8.06. The van der Waals surface area contributed by atoms with E-state index in [0.717, 1.165) is 0 Å². The van der Waals surface area contributed by atoms with E-state index in [1.165, 1.54) is 13.0 Å². The van der Waals surface area contributed by atoms with Crippen molar-refractivity contribution in [3.05, 3.63) is 24.3 Å². The predicted molar refractivity (Wildman–Crippen MR) is 51.7 cm³/mol. The van der Waals surface area contributed by atoms with Gasteiger partial charge in [-0.1, -0.05) is 12.1 Å². The molecule has 1 atom stereocenters. The molecule has 1 aliphatic rings. The van der Waals surface area contributed by atoms with Crippen LogP contribution in [0.5, 0.6) is 0 Å². The summed E-state index contributed by atoms with van der Waals surface area (Å²) in [4.78, 5) is 11.4.